The second-order valence-corrected chi connectivity index (χ2v) is 8.88. The normalized spacial score (nSPS) is 10.6. The van der Waals surface area contributed by atoms with Gasteiger partial charge in [-0.05, 0) is 53.6 Å². The molecular weight excluding hydrogens is 449 g/mol. The van der Waals surface area contributed by atoms with Gasteiger partial charge in [-0.3, -0.25) is 9.78 Å². The van der Waals surface area contributed by atoms with Crippen molar-refractivity contribution in [3.63, 3.8) is 0 Å². The Bertz CT molecular complexity index is 1020. The van der Waals surface area contributed by atoms with E-state index in [9.17, 15) is 4.79 Å². The highest BCUT2D eigenvalue weighted by Gasteiger charge is 2.17. The van der Waals surface area contributed by atoms with E-state index in [0.29, 0.717) is 18.2 Å². The number of amides is 1. The summed E-state index contributed by atoms with van der Waals surface area (Å²) < 4.78 is 0. The quantitative estimate of drug-likeness (QED) is 0.451. The smallest absolute Gasteiger partial charge is 0.227 e. The van der Waals surface area contributed by atoms with Crippen LogP contribution in [0, 0.1) is 12.8 Å². The van der Waals surface area contributed by atoms with Crippen molar-refractivity contribution in [1.82, 2.24) is 4.98 Å². The minimum atomic E-state index is -0.290. The molecule has 0 fully saturated rings. The predicted molar refractivity (Wildman–Crippen MR) is 138 cm³/mol. The van der Waals surface area contributed by atoms with Crippen molar-refractivity contribution in [2.24, 2.45) is 17.4 Å². The minimum absolute atomic E-state index is 0. The van der Waals surface area contributed by atoms with Crippen LogP contribution in [-0.4, -0.2) is 16.6 Å². The first-order valence-electron chi connectivity index (χ1n) is 9.96. The van der Waals surface area contributed by atoms with Gasteiger partial charge < -0.3 is 11.5 Å². The molecule has 0 saturated heterocycles. The molecule has 0 atom stereocenters. The average Bonchev–Trinajstić information content (AvgIpc) is 2.67. The number of pyridine rings is 1. The number of nitrogens with zero attached hydrogens (tertiary/aromatic N) is 1. The molecule has 168 valence electrons. The molecular formula is C24H31Cl2N3OS. The van der Waals surface area contributed by atoms with Gasteiger partial charge in [-0.15, -0.1) is 36.6 Å². The lowest BCUT2D eigenvalue weighted by molar-refractivity contribution is -0.115. The molecule has 0 unspecified atom stereocenters. The molecule has 31 heavy (non-hydrogen) atoms. The highest BCUT2D eigenvalue weighted by molar-refractivity contribution is 7.99. The molecule has 3 rings (SSSR count). The highest BCUT2D eigenvalue weighted by Crippen LogP contribution is 2.35. The standard InChI is InChI=1S/C24H29N3OS.2ClH/c1-15(2)10-22-20(12-25)24(18-7-4-16(3)5-8-18)19-11-17(6-9-21(19)27-22)13-29-14-23(26)28;;/h4-9,11,15H,10,12-14,25H2,1-3H3,(H2,26,28);2*1H. The van der Waals surface area contributed by atoms with Crippen LogP contribution in [0.1, 0.15) is 36.2 Å². The van der Waals surface area contributed by atoms with E-state index in [1.807, 2.05) is 0 Å². The number of hydrogen-bond donors (Lipinski definition) is 2. The summed E-state index contributed by atoms with van der Waals surface area (Å²) in [5, 5.41) is 1.11. The Hall–Kier alpha value is -1.79. The van der Waals surface area contributed by atoms with Crippen LogP contribution >= 0.6 is 36.6 Å². The van der Waals surface area contributed by atoms with Gasteiger partial charge in [-0.1, -0.05) is 49.7 Å². The number of hydrogen-bond acceptors (Lipinski definition) is 4. The van der Waals surface area contributed by atoms with Gasteiger partial charge in [0.05, 0.1) is 11.3 Å². The van der Waals surface area contributed by atoms with Crippen LogP contribution in [0.4, 0.5) is 0 Å². The summed E-state index contributed by atoms with van der Waals surface area (Å²) in [4.78, 5) is 16.0. The van der Waals surface area contributed by atoms with E-state index >= 15 is 0 Å². The van der Waals surface area contributed by atoms with Gasteiger partial charge in [0.1, 0.15) is 0 Å². The fourth-order valence-electron chi connectivity index (χ4n) is 3.59. The van der Waals surface area contributed by atoms with Crippen LogP contribution in [0.15, 0.2) is 42.5 Å². The van der Waals surface area contributed by atoms with E-state index in [2.05, 4.69) is 63.2 Å². The Balaban J connectivity index is 0.00000240. The zero-order chi connectivity index (χ0) is 21.0. The lowest BCUT2D eigenvalue weighted by Gasteiger charge is -2.18. The predicted octanol–water partition coefficient (Wildman–Crippen LogP) is 5.43. The number of carbonyl (C=O) groups excluding carboxylic acids is 1. The number of aryl methyl sites for hydroxylation is 1. The van der Waals surface area contributed by atoms with Crippen LogP contribution in [-0.2, 0) is 23.5 Å². The van der Waals surface area contributed by atoms with Crippen LogP contribution in [0.25, 0.3) is 22.0 Å². The third kappa shape index (κ3) is 6.84. The van der Waals surface area contributed by atoms with Crippen LogP contribution in [0.5, 0.6) is 0 Å². The molecule has 0 radical (unpaired) electrons. The van der Waals surface area contributed by atoms with E-state index in [-0.39, 0.29) is 30.7 Å². The summed E-state index contributed by atoms with van der Waals surface area (Å²) in [5.41, 5.74) is 19.4. The van der Waals surface area contributed by atoms with Gasteiger partial charge in [-0.25, -0.2) is 0 Å². The third-order valence-electron chi connectivity index (χ3n) is 4.89. The second-order valence-electron chi connectivity index (χ2n) is 7.89. The number of thioether (sulfide) groups is 1. The van der Waals surface area contributed by atoms with Crippen molar-refractivity contribution in [3.05, 3.63) is 64.8 Å². The molecule has 7 heteroatoms. The molecule has 1 aromatic heterocycles. The van der Waals surface area contributed by atoms with Gasteiger partial charge in [0.25, 0.3) is 0 Å². The van der Waals surface area contributed by atoms with Gasteiger partial charge in [0.2, 0.25) is 5.91 Å². The van der Waals surface area contributed by atoms with E-state index < -0.39 is 0 Å². The van der Waals surface area contributed by atoms with E-state index in [4.69, 9.17) is 16.5 Å². The summed E-state index contributed by atoms with van der Waals surface area (Å²) in [6.45, 7) is 6.96. The molecule has 3 aromatic rings. The van der Waals surface area contributed by atoms with Crippen LogP contribution < -0.4 is 11.5 Å². The van der Waals surface area contributed by atoms with Crippen LogP contribution in [0.3, 0.4) is 0 Å². The minimum Gasteiger partial charge on any atom is -0.369 e. The molecule has 0 aliphatic heterocycles. The lowest BCUT2D eigenvalue weighted by atomic mass is 9.90. The van der Waals surface area contributed by atoms with E-state index in [1.54, 1.807) is 0 Å². The third-order valence-corrected chi connectivity index (χ3v) is 5.92. The van der Waals surface area contributed by atoms with Gasteiger partial charge >= 0.3 is 0 Å². The molecule has 4 N–H and O–H groups in total. The molecule has 0 saturated carbocycles. The zero-order valence-electron chi connectivity index (χ0n) is 18.2. The average molecular weight is 481 g/mol. The summed E-state index contributed by atoms with van der Waals surface area (Å²) in [6.07, 6.45) is 0.900. The van der Waals surface area contributed by atoms with Crippen LogP contribution in [0.2, 0.25) is 0 Å². The second kappa shape index (κ2) is 12.3. The molecule has 0 bridgehead atoms. The number of carbonyl (C=O) groups is 1. The Morgan fingerprint density at radius 2 is 1.77 bits per heavy atom. The molecule has 4 nitrogen and oxygen atoms in total. The Kier molecular flexibility index (Phi) is 10.8. The Morgan fingerprint density at radius 1 is 1.10 bits per heavy atom. The summed E-state index contributed by atoms with van der Waals surface area (Å²) in [6, 6.07) is 15.0. The monoisotopic (exact) mass is 479 g/mol. The summed E-state index contributed by atoms with van der Waals surface area (Å²) in [7, 11) is 0. The molecule has 0 aliphatic rings. The number of rotatable bonds is 8. The summed E-state index contributed by atoms with van der Waals surface area (Å²) >= 11 is 1.53. The largest absolute Gasteiger partial charge is 0.369 e. The first-order chi connectivity index (χ1) is 13.9. The number of primary amides is 1. The van der Waals surface area contributed by atoms with Crippen molar-refractivity contribution in [2.75, 3.05) is 5.75 Å². The molecule has 2 aromatic carbocycles. The van der Waals surface area contributed by atoms with Crippen molar-refractivity contribution in [3.8, 4) is 11.1 Å². The molecule has 1 amide bonds. The van der Waals surface area contributed by atoms with Crippen molar-refractivity contribution >= 4 is 53.4 Å². The maximum Gasteiger partial charge on any atom is 0.227 e. The van der Waals surface area contributed by atoms with Crippen molar-refractivity contribution in [2.45, 2.75) is 39.5 Å². The SMILES string of the molecule is Cc1ccc(-c2c(CN)c(CC(C)C)nc3ccc(CSCC(N)=O)cc23)cc1.Cl.Cl. The molecule has 1 heterocycles. The summed E-state index contributed by atoms with van der Waals surface area (Å²) in [5.74, 6) is 1.27. The van der Waals surface area contributed by atoms with E-state index in [1.165, 1.54) is 22.9 Å². The Labute approximate surface area is 201 Å². The maximum atomic E-state index is 11.1. The van der Waals surface area contributed by atoms with Crippen molar-refractivity contribution in [1.29, 1.82) is 0 Å². The van der Waals surface area contributed by atoms with Gasteiger partial charge in [-0.2, -0.15) is 0 Å². The number of fused-ring (bicyclic) bond motifs is 1. The number of benzene rings is 2. The lowest BCUT2D eigenvalue weighted by Crippen LogP contribution is -2.13. The van der Waals surface area contributed by atoms with Gasteiger partial charge in [0, 0.05) is 23.4 Å². The first kappa shape index (κ1) is 27.2. The van der Waals surface area contributed by atoms with Crippen molar-refractivity contribution < 1.29 is 4.79 Å². The van der Waals surface area contributed by atoms with E-state index in [0.717, 1.165) is 45.5 Å². The Morgan fingerprint density at radius 3 is 2.35 bits per heavy atom. The molecule has 0 spiro atoms. The zero-order valence-corrected chi connectivity index (χ0v) is 20.6. The highest BCUT2D eigenvalue weighted by atomic mass is 35.5. The fraction of sp³-hybridized carbons (Fsp3) is 0.333. The fourth-order valence-corrected chi connectivity index (χ4v) is 4.30. The van der Waals surface area contributed by atoms with Gasteiger partial charge in [0.15, 0.2) is 0 Å². The molecule has 0 aliphatic carbocycles. The first-order valence-corrected chi connectivity index (χ1v) is 11.1. The number of halogens is 2. The number of aromatic nitrogens is 1. The number of nitrogens with two attached hydrogens (primary N) is 2. The topological polar surface area (TPSA) is 82.0 Å². The maximum absolute atomic E-state index is 11.1.